The van der Waals surface area contributed by atoms with Gasteiger partial charge in [-0.25, -0.2) is 17.5 Å². The molecule has 0 bridgehead atoms. The molecule has 96 valence electrons. The molecule has 0 spiro atoms. The number of aromatic nitrogens is 2. The Morgan fingerprint density at radius 1 is 1.39 bits per heavy atom. The molecule has 0 unspecified atom stereocenters. The van der Waals surface area contributed by atoms with Crippen LogP contribution in [0.25, 0.3) is 0 Å². The first-order valence-corrected chi connectivity index (χ1v) is 6.79. The molecule has 0 aliphatic heterocycles. The molecule has 0 saturated heterocycles. The van der Waals surface area contributed by atoms with Gasteiger partial charge in [0, 0.05) is 12.7 Å². The maximum absolute atomic E-state index is 12.9. The number of sulfonamides is 1. The third-order valence-electron chi connectivity index (χ3n) is 2.38. The van der Waals surface area contributed by atoms with E-state index >= 15 is 0 Å². The first kappa shape index (κ1) is 12.7. The Bertz CT molecular complexity index is 611. The molecule has 0 saturated carbocycles. The Morgan fingerprint density at radius 2 is 2.22 bits per heavy atom. The fourth-order valence-electron chi connectivity index (χ4n) is 1.49. The third-order valence-corrected chi connectivity index (χ3v) is 3.81. The summed E-state index contributed by atoms with van der Waals surface area (Å²) in [6.07, 6.45) is 2.95. The van der Waals surface area contributed by atoms with E-state index in [0.29, 0.717) is 6.42 Å². The summed E-state index contributed by atoms with van der Waals surface area (Å²) in [4.78, 5) is 0.0849. The maximum atomic E-state index is 12.9. The maximum Gasteiger partial charge on any atom is 0.243 e. The zero-order valence-corrected chi connectivity index (χ0v) is 10.2. The Labute approximate surface area is 104 Å². The molecule has 1 aromatic carbocycles. The SMILES string of the molecule is O=S(=O)(NCCc1cccc(F)c1)c1cn[nH]c1. The first-order chi connectivity index (χ1) is 8.58. The molecule has 0 fully saturated rings. The van der Waals surface area contributed by atoms with Crippen LogP contribution in [0.3, 0.4) is 0 Å². The van der Waals surface area contributed by atoms with Crippen molar-refractivity contribution in [1.29, 1.82) is 0 Å². The number of nitrogens with one attached hydrogen (secondary N) is 2. The van der Waals surface area contributed by atoms with Crippen LogP contribution in [0, 0.1) is 5.82 Å². The lowest BCUT2D eigenvalue weighted by Gasteiger charge is -2.04. The largest absolute Gasteiger partial charge is 0.284 e. The predicted octanol–water partition coefficient (Wildman–Crippen LogP) is 1.07. The number of H-pyrrole nitrogens is 1. The van der Waals surface area contributed by atoms with E-state index in [4.69, 9.17) is 0 Å². The highest BCUT2D eigenvalue weighted by Gasteiger charge is 2.13. The van der Waals surface area contributed by atoms with E-state index in [0.717, 1.165) is 5.56 Å². The van der Waals surface area contributed by atoms with Crippen molar-refractivity contribution in [2.24, 2.45) is 0 Å². The minimum Gasteiger partial charge on any atom is -0.284 e. The molecule has 0 aliphatic carbocycles. The summed E-state index contributed by atoms with van der Waals surface area (Å²) in [7, 11) is -3.53. The van der Waals surface area contributed by atoms with E-state index in [1.807, 2.05) is 0 Å². The number of aromatic amines is 1. The van der Waals surface area contributed by atoms with Crippen molar-refractivity contribution < 1.29 is 12.8 Å². The number of benzene rings is 1. The van der Waals surface area contributed by atoms with Gasteiger partial charge in [-0.15, -0.1) is 0 Å². The summed E-state index contributed by atoms with van der Waals surface area (Å²) in [5.74, 6) is -0.329. The molecule has 1 aromatic heterocycles. The van der Waals surface area contributed by atoms with E-state index in [-0.39, 0.29) is 17.3 Å². The smallest absolute Gasteiger partial charge is 0.243 e. The Hall–Kier alpha value is -1.73. The van der Waals surface area contributed by atoms with Crippen molar-refractivity contribution in [2.75, 3.05) is 6.54 Å². The topological polar surface area (TPSA) is 74.8 Å². The van der Waals surface area contributed by atoms with Gasteiger partial charge in [0.25, 0.3) is 0 Å². The summed E-state index contributed by atoms with van der Waals surface area (Å²) in [6.45, 7) is 0.205. The van der Waals surface area contributed by atoms with Gasteiger partial charge in [-0.3, -0.25) is 5.10 Å². The van der Waals surface area contributed by atoms with Crippen LogP contribution < -0.4 is 4.72 Å². The van der Waals surface area contributed by atoms with Gasteiger partial charge < -0.3 is 0 Å². The lowest BCUT2D eigenvalue weighted by Crippen LogP contribution is -2.25. The first-order valence-electron chi connectivity index (χ1n) is 5.31. The number of hydrogen-bond acceptors (Lipinski definition) is 3. The third kappa shape index (κ3) is 3.14. The standard InChI is InChI=1S/C11H12FN3O2S/c12-10-3-1-2-9(6-10)4-5-15-18(16,17)11-7-13-14-8-11/h1-3,6-8,15H,4-5H2,(H,13,14). The van der Waals surface area contributed by atoms with Gasteiger partial charge in [0.05, 0.1) is 6.20 Å². The molecule has 5 nitrogen and oxygen atoms in total. The van der Waals surface area contributed by atoms with Crippen molar-refractivity contribution in [3.63, 3.8) is 0 Å². The van der Waals surface area contributed by atoms with Crippen LogP contribution in [0.4, 0.5) is 4.39 Å². The summed E-state index contributed by atoms with van der Waals surface area (Å²) in [5, 5.41) is 6.01. The molecule has 1 heterocycles. The van der Waals surface area contributed by atoms with Crippen LogP contribution in [-0.2, 0) is 16.4 Å². The van der Waals surface area contributed by atoms with E-state index in [9.17, 15) is 12.8 Å². The van der Waals surface area contributed by atoms with Gasteiger partial charge in [-0.1, -0.05) is 12.1 Å². The minimum atomic E-state index is -3.53. The summed E-state index contributed by atoms with van der Waals surface area (Å²) < 4.78 is 38.7. The highest BCUT2D eigenvalue weighted by atomic mass is 32.2. The molecule has 0 aliphatic rings. The fourth-order valence-corrected chi connectivity index (χ4v) is 2.43. The van der Waals surface area contributed by atoms with Crippen LogP contribution in [0.2, 0.25) is 0 Å². The Morgan fingerprint density at radius 3 is 2.89 bits per heavy atom. The number of rotatable bonds is 5. The van der Waals surface area contributed by atoms with Crippen LogP contribution in [0.5, 0.6) is 0 Å². The van der Waals surface area contributed by atoms with Gasteiger partial charge in [0.2, 0.25) is 10.0 Å². The zero-order valence-electron chi connectivity index (χ0n) is 9.43. The van der Waals surface area contributed by atoms with Crippen LogP contribution >= 0.6 is 0 Å². The molecule has 0 radical (unpaired) electrons. The average molecular weight is 269 g/mol. The van der Waals surface area contributed by atoms with Gasteiger partial charge in [0.1, 0.15) is 10.7 Å². The molecular formula is C11H12FN3O2S. The Balaban J connectivity index is 1.93. The average Bonchev–Trinajstić information content (AvgIpc) is 2.83. The highest BCUT2D eigenvalue weighted by molar-refractivity contribution is 7.89. The second-order valence-corrected chi connectivity index (χ2v) is 5.48. The minimum absolute atomic E-state index is 0.0849. The molecule has 18 heavy (non-hydrogen) atoms. The molecule has 2 aromatic rings. The second-order valence-electron chi connectivity index (χ2n) is 3.71. The number of nitrogens with zero attached hydrogens (tertiary/aromatic N) is 1. The summed E-state index contributed by atoms with van der Waals surface area (Å²) in [6, 6.07) is 6.07. The molecule has 0 atom stereocenters. The fraction of sp³-hybridized carbons (Fsp3) is 0.182. The molecule has 7 heteroatoms. The monoisotopic (exact) mass is 269 g/mol. The summed E-state index contributed by atoms with van der Waals surface area (Å²) in [5.41, 5.74) is 0.741. The van der Waals surface area contributed by atoms with Gasteiger partial charge in [0.15, 0.2) is 0 Å². The normalized spacial score (nSPS) is 11.6. The van der Waals surface area contributed by atoms with Crippen LogP contribution in [0.1, 0.15) is 5.56 Å². The number of halogens is 1. The van der Waals surface area contributed by atoms with Crippen molar-refractivity contribution in [3.05, 3.63) is 48.0 Å². The number of hydrogen-bond donors (Lipinski definition) is 2. The van der Waals surface area contributed by atoms with Crippen molar-refractivity contribution >= 4 is 10.0 Å². The lowest BCUT2D eigenvalue weighted by atomic mass is 10.1. The highest BCUT2D eigenvalue weighted by Crippen LogP contribution is 2.06. The molecular weight excluding hydrogens is 257 g/mol. The van der Waals surface area contributed by atoms with E-state index in [1.54, 1.807) is 12.1 Å². The molecule has 2 rings (SSSR count). The van der Waals surface area contributed by atoms with Gasteiger partial charge >= 0.3 is 0 Å². The van der Waals surface area contributed by atoms with Crippen LogP contribution in [-0.4, -0.2) is 25.2 Å². The van der Waals surface area contributed by atoms with E-state index in [2.05, 4.69) is 14.9 Å². The van der Waals surface area contributed by atoms with E-state index < -0.39 is 10.0 Å². The summed E-state index contributed by atoms with van der Waals surface area (Å²) >= 11 is 0. The quantitative estimate of drug-likeness (QED) is 0.852. The molecule has 0 amide bonds. The Kier molecular flexibility index (Phi) is 3.73. The zero-order chi connectivity index (χ0) is 13.0. The van der Waals surface area contributed by atoms with Crippen molar-refractivity contribution in [2.45, 2.75) is 11.3 Å². The molecule has 2 N–H and O–H groups in total. The van der Waals surface area contributed by atoms with E-state index in [1.165, 1.54) is 24.5 Å². The van der Waals surface area contributed by atoms with Gasteiger partial charge in [-0.2, -0.15) is 5.10 Å². The van der Waals surface area contributed by atoms with Crippen molar-refractivity contribution in [1.82, 2.24) is 14.9 Å². The second kappa shape index (κ2) is 5.28. The lowest BCUT2D eigenvalue weighted by molar-refractivity contribution is 0.581. The van der Waals surface area contributed by atoms with Crippen LogP contribution in [0.15, 0.2) is 41.6 Å². The predicted molar refractivity (Wildman–Crippen MR) is 63.9 cm³/mol. The van der Waals surface area contributed by atoms with Gasteiger partial charge in [-0.05, 0) is 24.1 Å². The van der Waals surface area contributed by atoms with Crippen molar-refractivity contribution in [3.8, 4) is 0 Å².